The molecule has 0 bridgehead atoms. The fraction of sp³-hybridized carbons (Fsp3) is 0.842. The normalized spacial score (nSPS) is 43.1. The zero-order chi connectivity index (χ0) is 16.9. The fourth-order valence-corrected chi connectivity index (χ4v) is 4.40. The van der Waals surface area contributed by atoms with E-state index in [-0.39, 0.29) is 29.5 Å². The summed E-state index contributed by atoms with van der Waals surface area (Å²) < 4.78 is 17.8. The summed E-state index contributed by atoms with van der Waals surface area (Å²) in [6.07, 6.45) is 7.18. The number of amides is 1. The van der Waals surface area contributed by atoms with E-state index in [1.54, 1.807) is 4.90 Å². The van der Waals surface area contributed by atoms with Crippen molar-refractivity contribution in [1.29, 1.82) is 0 Å². The van der Waals surface area contributed by atoms with Crippen LogP contribution < -0.4 is 0 Å². The van der Waals surface area contributed by atoms with E-state index >= 15 is 0 Å². The van der Waals surface area contributed by atoms with E-state index < -0.39 is 0 Å². The van der Waals surface area contributed by atoms with Gasteiger partial charge in [-0.15, -0.1) is 0 Å². The molecule has 5 nitrogen and oxygen atoms in total. The van der Waals surface area contributed by atoms with Crippen LogP contribution in [0.5, 0.6) is 0 Å². The van der Waals surface area contributed by atoms with Crippen LogP contribution in [0.2, 0.25) is 0 Å². The number of epoxide rings is 2. The van der Waals surface area contributed by atoms with Crippen molar-refractivity contribution in [3.05, 3.63) is 11.6 Å². The summed E-state index contributed by atoms with van der Waals surface area (Å²) in [5.41, 5.74) is 1.17. The molecule has 1 aliphatic carbocycles. The third-order valence-electron chi connectivity index (χ3n) is 6.33. The molecule has 1 amide bonds. The highest BCUT2D eigenvalue weighted by atomic mass is 16.6. The van der Waals surface area contributed by atoms with E-state index in [2.05, 4.69) is 26.8 Å². The lowest BCUT2D eigenvalue weighted by Gasteiger charge is -2.38. The van der Waals surface area contributed by atoms with Gasteiger partial charge < -0.3 is 19.1 Å². The van der Waals surface area contributed by atoms with Crippen molar-refractivity contribution in [2.24, 2.45) is 5.92 Å². The molecule has 0 N–H and O–H groups in total. The van der Waals surface area contributed by atoms with Gasteiger partial charge in [0, 0.05) is 19.0 Å². The summed E-state index contributed by atoms with van der Waals surface area (Å²) in [5, 5.41) is 0. The number of rotatable bonds is 4. The zero-order valence-corrected chi connectivity index (χ0v) is 15.0. The number of likely N-dealkylation sites (tertiary alicyclic amines) is 1. The molecule has 4 rings (SSSR count). The molecule has 0 radical (unpaired) electrons. The summed E-state index contributed by atoms with van der Waals surface area (Å²) in [7, 11) is 0. The van der Waals surface area contributed by atoms with Gasteiger partial charge in [0.1, 0.15) is 6.10 Å². The lowest BCUT2D eigenvalue weighted by atomic mass is 9.70. The van der Waals surface area contributed by atoms with Crippen molar-refractivity contribution >= 4 is 6.09 Å². The Hall–Kier alpha value is -1.07. The number of hydrogen-bond acceptors (Lipinski definition) is 4. The molecule has 0 aromatic carbocycles. The summed E-state index contributed by atoms with van der Waals surface area (Å²) in [5.74, 6) is 0.323. The van der Waals surface area contributed by atoms with E-state index in [0.29, 0.717) is 5.92 Å². The molecule has 5 atom stereocenters. The van der Waals surface area contributed by atoms with Gasteiger partial charge in [0.25, 0.3) is 0 Å². The van der Waals surface area contributed by atoms with Crippen LogP contribution in [0.25, 0.3) is 0 Å². The third kappa shape index (κ3) is 2.86. The quantitative estimate of drug-likeness (QED) is 0.584. The van der Waals surface area contributed by atoms with E-state index in [0.717, 1.165) is 51.8 Å². The first-order valence-corrected chi connectivity index (χ1v) is 9.34. The predicted molar refractivity (Wildman–Crippen MR) is 89.8 cm³/mol. The molecule has 1 saturated carbocycles. The molecular formula is C19H29NO4. The lowest BCUT2D eigenvalue weighted by Crippen LogP contribution is -2.47. The van der Waals surface area contributed by atoms with Gasteiger partial charge in [-0.1, -0.05) is 11.6 Å². The topological polar surface area (TPSA) is 54.6 Å². The largest absolute Gasteiger partial charge is 0.446 e. The summed E-state index contributed by atoms with van der Waals surface area (Å²) in [6, 6.07) is 0. The Bertz CT molecular complexity index is 548. The number of allylic oxidation sites excluding steroid dienone is 1. The van der Waals surface area contributed by atoms with Gasteiger partial charge in [0.2, 0.25) is 0 Å². The molecule has 4 fully saturated rings. The Kier molecular flexibility index (Phi) is 3.92. The van der Waals surface area contributed by atoms with Gasteiger partial charge in [-0.25, -0.2) is 4.79 Å². The van der Waals surface area contributed by atoms with E-state index in [4.69, 9.17) is 14.2 Å². The zero-order valence-electron chi connectivity index (χ0n) is 15.0. The van der Waals surface area contributed by atoms with E-state index in [1.807, 2.05) is 0 Å². The van der Waals surface area contributed by atoms with Crippen LogP contribution in [0.1, 0.15) is 52.9 Å². The first-order valence-electron chi connectivity index (χ1n) is 9.34. The molecule has 3 saturated heterocycles. The van der Waals surface area contributed by atoms with Gasteiger partial charge in [-0.2, -0.15) is 0 Å². The highest BCUT2D eigenvalue weighted by molar-refractivity contribution is 5.68. The van der Waals surface area contributed by atoms with Crippen LogP contribution in [0.3, 0.4) is 0 Å². The van der Waals surface area contributed by atoms with Crippen molar-refractivity contribution in [3.8, 4) is 0 Å². The lowest BCUT2D eigenvalue weighted by molar-refractivity contribution is -0.0151. The second-order valence-corrected chi connectivity index (χ2v) is 8.33. The van der Waals surface area contributed by atoms with Crippen LogP contribution in [0.4, 0.5) is 4.79 Å². The molecule has 1 spiro atoms. The van der Waals surface area contributed by atoms with Gasteiger partial charge in [0.05, 0.1) is 23.9 Å². The number of hydrogen-bond donors (Lipinski definition) is 0. The highest BCUT2D eigenvalue weighted by Gasteiger charge is 2.68. The van der Waals surface area contributed by atoms with Crippen LogP contribution >= 0.6 is 0 Å². The van der Waals surface area contributed by atoms with Gasteiger partial charge in [-0.05, 0) is 52.9 Å². The second-order valence-electron chi connectivity index (χ2n) is 8.33. The van der Waals surface area contributed by atoms with Crippen molar-refractivity contribution in [1.82, 2.24) is 4.90 Å². The van der Waals surface area contributed by atoms with E-state index in [9.17, 15) is 4.79 Å². The average Bonchev–Trinajstić information content (AvgIpc) is 3.36. The van der Waals surface area contributed by atoms with Crippen molar-refractivity contribution < 1.29 is 19.0 Å². The Balaban J connectivity index is 1.39. The first kappa shape index (κ1) is 16.4. The molecule has 5 heteroatoms. The summed E-state index contributed by atoms with van der Waals surface area (Å²) in [4.78, 5) is 13.9. The number of ether oxygens (including phenoxy) is 3. The van der Waals surface area contributed by atoms with Crippen molar-refractivity contribution in [2.45, 2.75) is 76.3 Å². The summed E-state index contributed by atoms with van der Waals surface area (Å²) >= 11 is 0. The Morgan fingerprint density at radius 1 is 1.38 bits per heavy atom. The first-order chi connectivity index (χ1) is 11.4. The predicted octanol–water partition coefficient (Wildman–Crippen LogP) is 3.28. The van der Waals surface area contributed by atoms with Crippen LogP contribution in [0, 0.1) is 5.92 Å². The van der Waals surface area contributed by atoms with Crippen LogP contribution in [-0.2, 0) is 14.2 Å². The third-order valence-corrected chi connectivity index (χ3v) is 6.33. The average molecular weight is 335 g/mol. The Morgan fingerprint density at radius 2 is 2.12 bits per heavy atom. The van der Waals surface area contributed by atoms with Crippen LogP contribution in [0.15, 0.2) is 11.6 Å². The summed E-state index contributed by atoms with van der Waals surface area (Å²) in [6.45, 7) is 8.97. The van der Waals surface area contributed by atoms with Gasteiger partial charge in [-0.3, -0.25) is 0 Å². The maximum atomic E-state index is 12.1. The van der Waals surface area contributed by atoms with Gasteiger partial charge in [0.15, 0.2) is 0 Å². The Morgan fingerprint density at radius 3 is 2.71 bits per heavy atom. The molecule has 1 unspecified atom stereocenters. The molecule has 3 aliphatic heterocycles. The minimum atomic E-state index is -0.138. The molecule has 3 heterocycles. The standard InChI is InChI=1S/C19H29NO4/c1-13(2)5-6-16-18(3,24-16)15-11-14(7-8-19(15)12-22-19)23-17(21)20-9-4-10-20/h5,14-16H,4,6-12H2,1-3H3/t14-,15-,16-,18?,19+/m1/s1. The minimum Gasteiger partial charge on any atom is -0.446 e. The van der Waals surface area contributed by atoms with Crippen molar-refractivity contribution in [3.63, 3.8) is 0 Å². The second kappa shape index (κ2) is 5.73. The number of nitrogens with zero attached hydrogens (tertiary/aromatic N) is 1. The molecule has 0 aromatic heterocycles. The van der Waals surface area contributed by atoms with Crippen LogP contribution in [-0.4, -0.2) is 54.1 Å². The SMILES string of the molecule is CC(C)=CC[C@H]1OC1(C)[C@H]1C[C@H](OC(=O)N2CCC2)CC[C@]12CO2. The smallest absolute Gasteiger partial charge is 0.410 e. The van der Waals surface area contributed by atoms with Gasteiger partial charge >= 0.3 is 6.09 Å². The Labute approximate surface area is 144 Å². The maximum absolute atomic E-state index is 12.1. The molecule has 4 aliphatic rings. The molecule has 134 valence electrons. The molecule has 24 heavy (non-hydrogen) atoms. The number of carbonyl (C=O) groups is 1. The molecular weight excluding hydrogens is 306 g/mol. The van der Waals surface area contributed by atoms with Crippen molar-refractivity contribution in [2.75, 3.05) is 19.7 Å². The number of carbonyl (C=O) groups excluding carboxylic acids is 1. The highest BCUT2D eigenvalue weighted by Crippen LogP contribution is 2.59. The minimum absolute atomic E-state index is 0.00283. The van der Waals surface area contributed by atoms with E-state index in [1.165, 1.54) is 5.57 Å². The fourth-order valence-electron chi connectivity index (χ4n) is 4.40. The maximum Gasteiger partial charge on any atom is 0.410 e. The monoisotopic (exact) mass is 335 g/mol. The molecule has 0 aromatic rings.